The van der Waals surface area contributed by atoms with E-state index in [2.05, 4.69) is 0 Å². The summed E-state index contributed by atoms with van der Waals surface area (Å²) in [5.74, 6) is -0.126. The van der Waals surface area contributed by atoms with Crippen molar-refractivity contribution in [1.82, 2.24) is 4.31 Å². The van der Waals surface area contributed by atoms with E-state index in [1.54, 1.807) is 24.3 Å². The lowest BCUT2D eigenvalue weighted by molar-refractivity contribution is 0.103. The number of ketones is 1. The molecule has 2 aromatic rings. The Bertz CT molecular complexity index is 705. The van der Waals surface area contributed by atoms with E-state index in [9.17, 15) is 13.2 Å². The van der Waals surface area contributed by atoms with Gasteiger partial charge in [0.1, 0.15) is 0 Å². The fourth-order valence-electron chi connectivity index (χ4n) is 1.75. The number of hydrogen-bond donors (Lipinski definition) is 0. The molecule has 0 radical (unpaired) electrons. The molecule has 5 heteroatoms. The number of carbonyl (C=O) groups is 1. The van der Waals surface area contributed by atoms with Gasteiger partial charge in [-0.15, -0.1) is 0 Å². The fraction of sp³-hybridized carbons (Fsp3) is 0.133. The van der Waals surface area contributed by atoms with Crippen LogP contribution >= 0.6 is 0 Å². The van der Waals surface area contributed by atoms with Crippen molar-refractivity contribution in [3.63, 3.8) is 0 Å². The van der Waals surface area contributed by atoms with Gasteiger partial charge in [-0.2, -0.15) is 0 Å². The fourth-order valence-corrected chi connectivity index (χ4v) is 2.65. The van der Waals surface area contributed by atoms with Gasteiger partial charge in [-0.3, -0.25) is 4.79 Å². The van der Waals surface area contributed by atoms with Gasteiger partial charge in [0.15, 0.2) is 5.78 Å². The largest absolute Gasteiger partial charge is 0.289 e. The van der Waals surface area contributed by atoms with Crippen molar-refractivity contribution in [2.24, 2.45) is 0 Å². The van der Waals surface area contributed by atoms with Gasteiger partial charge in [-0.25, -0.2) is 12.7 Å². The zero-order valence-corrected chi connectivity index (χ0v) is 12.1. The molecule has 4 nitrogen and oxygen atoms in total. The SMILES string of the molecule is CN(C)S(=O)(=O)c1ccc(C(=O)c2ccccc2)cc1. The Labute approximate surface area is 118 Å². The monoisotopic (exact) mass is 289 g/mol. The zero-order chi connectivity index (χ0) is 14.8. The third kappa shape index (κ3) is 2.79. The van der Waals surface area contributed by atoms with Gasteiger partial charge >= 0.3 is 0 Å². The second kappa shape index (κ2) is 5.56. The highest BCUT2D eigenvalue weighted by Gasteiger charge is 2.17. The van der Waals surface area contributed by atoms with Gasteiger partial charge in [0.2, 0.25) is 10.0 Å². The molecule has 104 valence electrons. The molecule has 0 N–H and O–H groups in total. The number of carbonyl (C=O) groups excluding carboxylic acids is 1. The average molecular weight is 289 g/mol. The molecule has 0 atom stereocenters. The van der Waals surface area contributed by atoms with Gasteiger partial charge < -0.3 is 0 Å². The number of benzene rings is 2. The van der Waals surface area contributed by atoms with E-state index in [0.717, 1.165) is 4.31 Å². The van der Waals surface area contributed by atoms with E-state index in [1.807, 2.05) is 6.07 Å². The molecular weight excluding hydrogens is 274 g/mol. The van der Waals surface area contributed by atoms with Crippen molar-refractivity contribution in [2.45, 2.75) is 4.90 Å². The lowest BCUT2D eigenvalue weighted by atomic mass is 10.0. The Kier molecular flexibility index (Phi) is 4.01. The number of hydrogen-bond acceptors (Lipinski definition) is 3. The minimum atomic E-state index is -3.46. The summed E-state index contributed by atoms with van der Waals surface area (Å²) in [5.41, 5.74) is 1.05. The van der Waals surface area contributed by atoms with Crippen LogP contribution in [-0.4, -0.2) is 32.6 Å². The topological polar surface area (TPSA) is 54.5 Å². The third-order valence-corrected chi connectivity index (χ3v) is 4.76. The smallest absolute Gasteiger partial charge is 0.242 e. The van der Waals surface area contributed by atoms with Gasteiger partial charge in [0, 0.05) is 25.2 Å². The molecule has 0 spiro atoms. The zero-order valence-electron chi connectivity index (χ0n) is 11.3. The molecule has 0 unspecified atom stereocenters. The van der Waals surface area contributed by atoms with Crippen LogP contribution in [0.1, 0.15) is 15.9 Å². The van der Waals surface area contributed by atoms with Crippen molar-refractivity contribution >= 4 is 15.8 Å². The predicted octanol–water partition coefficient (Wildman–Crippen LogP) is 2.17. The molecule has 0 aliphatic carbocycles. The lowest BCUT2D eigenvalue weighted by Gasteiger charge is -2.11. The van der Waals surface area contributed by atoms with Crippen LogP contribution in [0, 0.1) is 0 Å². The van der Waals surface area contributed by atoms with E-state index in [-0.39, 0.29) is 10.7 Å². The lowest BCUT2D eigenvalue weighted by Crippen LogP contribution is -2.22. The molecule has 0 heterocycles. The van der Waals surface area contributed by atoms with Gasteiger partial charge in [-0.05, 0) is 24.3 Å². The molecule has 20 heavy (non-hydrogen) atoms. The average Bonchev–Trinajstić information content (AvgIpc) is 2.47. The van der Waals surface area contributed by atoms with E-state index >= 15 is 0 Å². The van der Waals surface area contributed by atoms with Crippen molar-refractivity contribution < 1.29 is 13.2 Å². The summed E-state index contributed by atoms with van der Waals surface area (Å²) in [6.45, 7) is 0. The number of rotatable bonds is 4. The first-order valence-electron chi connectivity index (χ1n) is 6.05. The maximum atomic E-state index is 12.2. The van der Waals surface area contributed by atoms with Crippen LogP contribution in [0.4, 0.5) is 0 Å². The Hall–Kier alpha value is -1.98. The highest BCUT2D eigenvalue weighted by Crippen LogP contribution is 2.16. The van der Waals surface area contributed by atoms with Crippen LogP contribution in [0.5, 0.6) is 0 Å². The van der Waals surface area contributed by atoms with Crippen molar-refractivity contribution in [1.29, 1.82) is 0 Å². The first-order chi connectivity index (χ1) is 9.43. The molecule has 2 aromatic carbocycles. The van der Waals surface area contributed by atoms with Crippen molar-refractivity contribution in [2.75, 3.05) is 14.1 Å². The van der Waals surface area contributed by atoms with Crippen LogP contribution in [-0.2, 0) is 10.0 Å². The quantitative estimate of drug-likeness (QED) is 0.811. The van der Waals surface area contributed by atoms with Crippen molar-refractivity contribution in [3.8, 4) is 0 Å². The summed E-state index contributed by atoms with van der Waals surface area (Å²) in [6.07, 6.45) is 0. The van der Waals surface area contributed by atoms with E-state index in [0.29, 0.717) is 11.1 Å². The minimum Gasteiger partial charge on any atom is -0.289 e. The van der Waals surface area contributed by atoms with Gasteiger partial charge in [-0.1, -0.05) is 30.3 Å². The molecule has 0 aliphatic rings. The standard InChI is InChI=1S/C15H15NO3S/c1-16(2)20(18,19)14-10-8-13(9-11-14)15(17)12-6-4-3-5-7-12/h3-11H,1-2H3. The first-order valence-corrected chi connectivity index (χ1v) is 7.49. The van der Waals surface area contributed by atoms with Gasteiger partial charge in [0.05, 0.1) is 4.90 Å². The summed E-state index contributed by atoms with van der Waals surface area (Å²) in [4.78, 5) is 12.4. The summed E-state index contributed by atoms with van der Waals surface area (Å²) in [5, 5.41) is 0. The Morgan fingerprint density at radius 3 is 1.85 bits per heavy atom. The maximum Gasteiger partial charge on any atom is 0.242 e. The van der Waals surface area contributed by atoms with E-state index in [1.165, 1.54) is 38.4 Å². The Balaban J connectivity index is 2.32. The van der Waals surface area contributed by atoms with Crippen LogP contribution in [0.3, 0.4) is 0 Å². The third-order valence-electron chi connectivity index (χ3n) is 2.93. The second-order valence-corrected chi connectivity index (χ2v) is 6.66. The highest BCUT2D eigenvalue weighted by molar-refractivity contribution is 7.89. The number of nitrogens with zero attached hydrogens (tertiary/aromatic N) is 1. The molecule has 2 rings (SSSR count). The maximum absolute atomic E-state index is 12.2. The molecule has 0 fully saturated rings. The van der Waals surface area contributed by atoms with Crippen molar-refractivity contribution in [3.05, 3.63) is 65.7 Å². The molecular formula is C15H15NO3S. The number of sulfonamides is 1. The van der Waals surface area contributed by atoms with E-state index in [4.69, 9.17) is 0 Å². The van der Waals surface area contributed by atoms with Crippen LogP contribution in [0.25, 0.3) is 0 Å². The molecule has 0 bridgehead atoms. The van der Waals surface area contributed by atoms with Gasteiger partial charge in [0.25, 0.3) is 0 Å². The second-order valence-electron chi connectivity index (χ2n) is 4.51. The Morgan fingerprint density at radius 2 is 1.35 bits per heavy atom. The summed E-state index contributed by atoms with van der Waals surface area (Å²) >= 11 is 0. The summed E-state index contributed by atoms with van der Waals surface area (Å²) < 4.78 is 25.0. The molecule has 0 amide bonds. The Morgan fingerprint density at radius 1 is 0.850 bits per heavy atom. The van der Waals surface area contributed by atoms with Crippen LogP contribution in [0.15, 0.2) is 59.5 Å². The molecule has 0 saturated heterocycles. The minimum absolute atomic E-state index is 0.126. The summed E-state index contributed by atoms with van der Waals surface area (Å²) in [6, 6.07) is 14.8. The summed E-state index contributed by atoms with van der Waals surface area (Å²) in [7, 11) is -0.521. The first kappa shape index (κ1) is 14.4. The van der Waals surface area contributed by atoms with E-state index < -0.39 is 10.0 Å². The van der Waals surface area contributed by atoms with Crippen LogP contribution in [0.2, 0.25) is 0 Å². The predicted molar refractivity (Wildman–Crippen MR) is 77.2 cm³/mol. The molecule has 0 aromatic heterocycles. The highest BCUT2D eigenvalue weighted by atomic mass is 32.2. The van der Waals surface area contributed by atoms with Crippen LogP contribution < -0.4 is 0 Å². The normalized spacial score (nSPS) is 11.6. The molecule has 0 aliphatic heterocycles. The molecule has 0 saturated carbocycles.